The van der Waals surface area contributed by atoms with Gasteiger partial charge in [0.25, 0.3) is 0 Å². The third kappa shape index (κ3) is 3.94. The lowest BCUT2D eigenvalue weighted by Gasteiger charge is -2.23. The van der Waals surface area contributed by atoms with Gasteiger partial charge in [-0.1, -0.05) is 17.7 Å². The molecule has 1 aliphatic rings. The number of rotatable bonds is 4. The van der Waals surface area contributed by atoms with Crippen LogP contribution in [0, 0.1) is 0 Å². The van der Waals surface area contributed by atoms with Gasteiger partial charge in [-0.3, -0.25) is 4.79 Å². The number of primary amides is 1. The molecule has 20 heavy (non-hydrogen) atoms. The summed E-state index contributed by atoms with van der Waals surface area (Å²) in [5.41, 5.74) is 6.35. The molecule has 0 aromatic heterocycles. The fraction of sp³-hybridized carbons (Fsp3) is 0.462. The third-order valence-corrected chi connectivity index (χ3v) is 5.55. The van der Waals surface area contributed by atoms with E-state index in [2.05, 4.69) is 5.32 Å². The quantitative estimate of drug-likeness (QED) is 0.870. The highest BCUT2D eigenvalue weighted by Crippen LogP contribution is 2.19. The molecule has 1 aromatic carbocycles. The Morgan fingerprint density at radius 2 is 2.20 bits per heavy atom. The summed E-state index contributed by atoms with van der Waals surface area (Å²) >= 11 is 6.08. The van der Waals surface area contributed by atoms with Crippen LogP contribution in [0.2, 0.25) is 5.02 Å². The second-order valence-electron chi connectivity index (χ2n) is 5.00. The maximum atomic E-state index is 11.5. The van der Waals surface area contributed by atoms with Crippen molar-refractivity contribution in [2.45, 2.75) is 25.4 Å². The Hall–Kier alpha value is -1.11. The van der Waals surface area contributed by atoms with E-state index in [1.165, 1.54) is 6.07 Å². The van der Waals surface area contributed by atoms with Crippen LogP contribution < -0.4 is 11.1 Å². The Bertz CT molecular complexity index is 616. The van der Waals surface area contributed by atoms with E-state index in [0.717, 1.165) is 12.0 Å². The molecule has 1 fully saturated rings. The Labute approximate surface area is 123 Å². The van der Waals surface area contributed by atoms with Crippen LogP contribution in [0.5, 0.6) is 0 Å². The van der Waals surface area contributed by atoms with E-state index in [4.69, 9.17) is 17.3 Å². The first-order chi connectivity index (χ1) is 9.37. The number of sulfone groups is 1. The number of hydrogen-bond donors (Lipinski definition) is 2. The molecular weight excluding hydrogens is 300 g/mol. The topological polar surface area (TPSA) is 89.3 Å². The molecule has 0 saturated carbocycles. The zero-order valence-corrected chi connectivity index (χ0v) is 12.5. The van der Waals surface area contributed by atoms with Crippen molar-refractivity contribution in [1.82, 2.24) is 5.32 Å². The Balaban J connectivity index is 1.99. The number of hydrogen-bond acceptors (Lipinski definition) is 4. The van der Waals surface area contributed by atoms with Crippen molar-refractivity contribution < 1.29 is 13.2 Å². The van der Waals surface area contributed by atoms with Gasteiger partial charge in [0.1, 0.15) is 0 Å². The summed E-state index contributed by atoms with van der Waals surface area (Å²) in [6, 6.07) is 4.83. The van der Waals surface area contributed by atoms with Crippen LogP contribution in [-0.4, -0.2) is 31.9 Å². The SMILES string of the molecule is NC(=O)c1ccc(CNC2CCCS(=O)(=O)C2)c(Cl)c1. The summed E-state index contributed by atoms with van der Waals surface area (Å²) in [5, 5.41) is 3.65. The van der Waals surface area contributed by atoms with Crippen molar-refractivity contribution in [3.05, 3.63) is 34.3 Å². The van der Waals surface area contributed by atoms with Gasteiger partial charge in [-0.2, -0.15) is 0 Å². The molecule has 5 nitrogen and oxygen atoms in total. The summed E-state index contributed by atoms with van der Waals surface area (Å²) in [6.45, 7) is 0.470. The lowest BCUT2D eigenvalue weighted by molar-refractivity contribution is 0.100. The molecule has 0 aliphatic carbocycles. The zero-order chi connectivity index (χ0) is 14.8. The summed E-state index contributed by atoms with van der Waals surface area (Å²) in [5.74, 6) is -0.0757. The predicted molar refractivity (Wildman–Crippen MR) is 78.5 cm³/mol. The smallest absolute Gasteiger partial charge is 0.248 e. The van der Waals surface area contributed by atoms with Gasteiger partial charge in [-0.15, -0.1) is 0 Å². The van der Waals surface area contributed by atoms with Gasteiger partial charge >= 0.3 is 0 Å². The van der Waals surface area contributed by atoms with E-state index in [1.807, 2.05) is 0 Å². The van der Waals surface area contributed by atoms with E-state index in [0.29, 0.717) is 23.6 Å². The Morgan fingerprint density at radius 1 is 1.45 bits per heavy atom. The van der Waals surface area contributed by atoms with E-state index in [1.54, 1.807) is 12.1 Å². The summed E-state index contributed by atoms with van der Waals surface area (Å²) in [7, 11) is -2.92. The Morgan fingerprint density at radius 3 is 2.80 bits per heavy atom. The van der Waals surface area contributed by atoms with Gasteiger partial charge in [0, 0.05) is 23.2 Å². The second kappa shape index (κ2) is 6.11. The number of nitrogens with two attached hydrogens (primary N) is 1. The normalized spacial score (nSPS) is 21.6. The van der Waals surface area contributed by atoms with Gasteiger partial charge in [0.05, 0.1) is 11.5 Å². The molecule has 1 aromatic rings. The van der Waals surface area contributed by atoms with Crippen molar-refractivity contribution >= 4 is 27.3 Å². The molecule has 1 amide bonds. The highest BCUT2D eigenvalue weighted by atomic mass is 35.5. The molecule has 2 rings (SSSR count). The summed E-state index contributed by atoms with van der Waals surface area (Å²) in [4.78, 5) is 11.0. The molecule has 1 saturated heterocycles. The van der Waals surface area contributed by atoms with E-state index < -0.39 is 15.7 Å². The molecule has 0 spiro atoms. The average Bonchev–Trinajstić information content (AvgIpc) is 2.36. The number of carbonyl (C=O) groups is 1. The van der Waals surface area contributed by atoms with Crippen molar-refractivity contribution in [1.29, 1.82) is 0 Å². The molecule has 3 N–H and O–H groups in total. The molecule has 1 heterocycles. The molecule has 1 unspecified atom stereocenters. The minimum atomic E-state index is -2.92. The van der Waals surface area contributed by atoms with Gasteiger partial charge in [-0.25, -0.2) is 8.42 Å². The summed E-state index contributed by atoms with van der Waals surface area (Å²) in [6.07, 6.45) is 1.53. The van der Waals surface area contributed by atoms with Crippen molar-refractivity contribution in [3.8, 4) is 0 Å². The fourth-order valence-electron chi connectivity index (χ4n) is 2.28. The highest BCUT2D eigenvalue weighted by Gasteiger charge is 2.24. The van der Waals surface area contributed by atoms with E-state index in [9.17, 15) is 13.2 Å². The monoisotopic (exact) mass is 316 g/mol. The van der Waals surface area contributed by atoms with Gasteiger partial charge in [-0.05, 0) is 30.5 Å². The first kappa shape index (κ1) is 15.3. The first-order valence-corrected chi connectivity index (χ1v) is 8.59. The molecule has 110 valence electrons. The molecular formula is C13H17ClN2O3S. The largest absolute Gasteiger partial charge is 0.366 e. The number of nitrogens with one attached hydrogen (secondary N) is 1. The van der Waals surface area contributed by atoms with Crippen LogP contribution in [0.15, 0.2) is 18.2 Å². The maximum absolute atomic E-state index is 11.5. The number of benzene rings is 1. The molecule has 1 atom stereocenters. The summed E-state index contributed by atoms with van der Waals surface area (Å²) < 4.78 is 23.1. The standard InChI is InChI=1S/C13H17ClN2O3S/c14-12-6-9(13(15)17)3-4-10(12)7-16-11-2-1-5-20(18,19)8-11/h3-4,6,11,16H,1-2,5,7-8H2,(H2,15,17). The predicted octanol–water partition coefficient (Wildman–Crippen LogP) is 1.11. The maximum Gasteiger partial charge on any atom is 0.248 e. The van der Waals surface area contributed by atoms with Crippen LogP contribution in [0.4, 0.5) is 0 Å². The van der Waals surface area contributed by atoms with E-state index >= 15 is 0 Å². The number of halogens is 1. The average molecular weight is 317 g/mol. The third-order valence-electron chi connectivity index (χ3n) is 3.38. The first-order valence-electron chi connectivity index (χ1n) is 6.39. The van der Waals surface area contributed by atoms with Crippen LogP contribution in [0.1, 0.15) is 28.8 Å². The van der Waals surface area contributed by atoms with E-state index in [-0.39, 0.29) is 17.5 Å². The lowest BCUT2D eigenvalue weighted by Crippen LogP contribution is -2.39. The van der Waals surface area contributed by atoms with Crippen LogP contribution >= 0.6 is 11.6 Å². The van der Waals surface area contributed by atoms with Crippen LogP contribution in [0.3, 0.4) is 0 Å². The van der Waals surface area contributed by atoms with Gasteiger partial charge < -0.3 is 11.1 Å². The molecule has 0 bridgehead atoms. The van der Waals surface area contributed by atoms with Gasteiger partial charge in [0.2, 0.25) is 5.91 Å². The van der Waals surface area contributed by atoms with Crippen LogP contribution in [0.25, 0.3) is 0 Å². The minimum Gasteiger partial charge on any atom is -0.366 e. The lowest BCUT2D eigenvalue weighted by atomic mass is 10.1. The molecule has 7 heteroatoms. The zero-order valence-electron chi connectivity index (χ0n) is 10.9. The Kier molecular flexibility index (Phi) is 4.67. The van der Waals surface area contributed by atoms with Crippen molar-refractivity contribution in [2.75, 3.05) is 11.5 Å². The molecule has 0 radical (unpaired) electrons. The minimum absolute atomic E-state index is 0.0411. The number of carbonyl (C=O) groups excluding carboxylic acids is 1. The highest BCUT2D eigenvalue weighted by molar-refractivity contribution is 7.91. The van der Waals surface area contributed by atoms with Crippen molar-refractivity contribution in [3.63, 3.8) is 0 Å². The van der Waals surface area contributed by atoms with Gasteiger partial charge in [0.15, 0.2) is 9.84 Å². The second-order valence-corrected chi connectivity index (χ2v) is 7.64. The number of amides is 1. The fourth-order valence-corrected chi connectivity index (χ4v) is 4.20. The van der Waals surface area contributed by atoms with Crippen LogP contribution in [-0.2, 0) is 16.4 Å². The molecule has 1 aliphatic heterocycles. The van der Waals surface area contributed by atoms with Crippen molar-refractivity contribution in [2.24, 2.45) is 5.73 Å².